The molecular formula is C25H26NPt-. The maximum atomic E-state index is 4.67. The fraction of sp³-hybridized carbons (Fsp3) is 0.240. The molecule has 0 fully saturated rings. The zero-order valence-electron chi connectivity index (χ0n) is 16.6. The van der Waals surface area contributed by atoms with Crippen LogP contribution in [0.1, 0.15) is 51.3 Å². The third kappa shape index (κ3) is 5.05. The van der Waals surface area contributed by atoms with E-state index in [9.17, 15) is 0 Å². The SMILES string of the molecule is C/C(=C(/C)c1ccc(-c2[c-]cc(C(C)(C)C)cc2)nc1)c1ccccc1.[Pt]. The van der Waals surface area contributed by atoms with Crippen LogP contribution in [0.25, 0.3) is 22.4 Å². The molecule has 0 aliphatic heterocycles. The first kappa shape index (κ1) is 21.3. The minimum atomic E-state index is 0. The van der Waals surface area contributed by atoms with E-state index in [0.29, 0.717) is 0 Å². The first-order valence-corrected chi connectivity index (χ1v) is 9.08. The van der Waals surface area contributed by atoms with Crippen molar-refractivity contribution in [3.8, 4) is 11.3 Å². The van der Waals surface area contributed by atoms with Crippen molar-refractivity contribution < 1.29 is 21.1 Å². The standard InChI is InChI=1S/C25H26N.Pt/c1-18(20-9-7-6-8-10-20)19(2)22-13-16-24(26-17-22)21-11-14-23(15-12-21)25(3,4)5;/h6-11,13-17H,1-5H3;/q-1;/b19-18+;. The van der Waals surface area contributed by atoms with Crippen LogP contribution in [-0.2, 0) is 26.5 Å². The number of hydrogen-bond acceptors (Lipinski definition) is 1. The Labute approximate surface area is 177 Å². The first-order valence-electron chi connectivity index (χ1n) is 9.08. The second-order valence-electron chi connectivity index (χ2n) is 7.79. The Morgan fingerprint density at radius 2 is 1.48 bits per heavy atom. The molecule has 0 N–H and O–H groups in total. The van der Waals surface area contributed by atoms with E-state index < -0.39 is 0 Å². The Balaban J connectivity index is 0.00000261. The molecule has 1 heterocycles. The van der Waals surface area contributed by atoms with Crippen LogP contribution in [0.3, 0.4) is 0 Å². The third-order valence-electron chi connectivity index (χ3n) is 4.92. The summed E-state index contributed by atoms with van der Waals surface area (Å²) in [6, 6.07) is 24.5. The molecule has 142 valence electrons. The Morgan fingerprint density at radius 3 is 2.00 bits per heavy atom. The molecule has 27 heavy (non-hydrogen) atoms. The molecule has 0 saturated carbocycles. The summed E-state index contributed by atoms with van der Waals surface area (Å²) in [6.45, 7) is 11.0. The molecule has 0 unspecified atom stereocenters. The van der Waals surface area contributed by atoms with E-state index in [2.05, 4.69) is 100 Å². The summed E-state index contributed by atoms with van der Waals surface area (Å²) in [7, 11) is 0. The molecule has 1 nitrogen and oxygen atoms in total. The number of benzene rings is 2. The predicted molar refractivity (Wildman–Crippen MR) is 112 cm³/mol. The summed E-state index contributed by atoms with van der Waals surface area (Å²) < 4.78 is 0. The van der Waals surface area contributed by atoms with Gasteiger partial charge in [-0.2, -0.15) is 0 Å². The van der Waals surface area contributed by atoms with E-state index in [1.54, 1.807) is 0 Å². The van der Waals surface area contributed by atoms with Crippen molar-refractivity contribution in [2.75, 3.05) is 0 Å². The van der Waals surface area contributed by atoms with Gasteiger partial charge in [0.15, 0.2) is 0 Å². The number of pyridine rings is 1. The molecule has 0 amide bonds. The monoisotopic (exact) mass is 535 g/mol. The van der Waals surface area contributed by atoms with Crippen LogP contribution in [0.2, 0.25) is 0 Å². The predicted octanol–water partition coefficient (Wildman–Crippen LogP) is 6.79. The number of aromatic nitrogens is 1. The van der Waals surface area contributed by atoms with Gasteiger partial charge in [-0.05, 0) is 47.2 Å². The molecule has 0 atom stereocenters. The quantitative estimate of drug-likeness (QED) is 0.337. The van der Waals surface area contributed by atoms with Gasteiger partial charge in [0.25, 0.3) is 0 Å². The maximum Gasteiger partial charge on any atom is 0.0236 e. The number of allylic oxidation sites excluding steroid dienone is 2. The van der Waals surface area contributed by atoms with Crippen LogP contribution in [0.4, 0.5) is 0 Å². The summed E-state index contributed by atoms with van der Waals surface area (Å²) in [5, 5.41) is 0. The van der Waals surface area contributed by atoms with Gasteiger partial charge in [0, 0.05) is 27.3 Å². The van der Waals surface area contributed by atoms with Crippen molar-refractivity contribution in [3.05, 3.63) is 89.6 Å². The average molecular weight is 536 g/mol. The van der Waals surface area contributed by atoms with Crippen molar-refractivity contribution in [3.63, 3.8) is 0 Å². The van der Waals surface area contributed by atoms with Crippen molar-refractivity contribution in [2.24, 2.45) is 0 Å². The zero-order valence-corrected chi connectivity index (χ0v) is 18.9. The van der Waals surface area contributed by atoms with Crippen LogP contribution in [0.5, 0.6) is 0 Å². The fourth-order valence-corrected chi connectivity index (χ4v) is 2.95. The topological polar surface area (TPSA) is 12.9 Å². The normalized spacial score (nSPS) is 12.2. The number of rotatable bonds is 3. The van der Waals surface area contributed by atoms with Gasteiger partial charge in [0.2, 0.25) is 0 Å². The molecule has 1 aromatic heterocycles. The molecule has 0 spiro atoms. The van der Waals surface area contributed by atoms with E-state index in [1.165, 1.54) is 22.3 Å². The van der Waals surface area contributed by atoms with E-state index >= 15 is 0 Å². The summed E-state index contributed by atoms with van der Waals surface area (Å²) in [5.41, 5.74) is 8.36. The molecule has 3 aromatic rings. The Morgan fingerprint density at radius 1 is 0.815 bits per heavy atom. The second kappa shape index (κ2) is 8.80. The van der Waals surface area contributed by atoms with Crippen LogP contribution in [0, 0.1) is 6.07 Å². The number of hydrogen-bond donors (Lipinski definition) is 0. The average Bonchev–Trinajstić information content (AvgIpc) is 2.67. The van der Waals surface area contributed by atoms with Gasteiger partial charge < -0.3 is 4.98 Å². The Hall–Kier alpha value is -1.98. The van der Waals surface area contributed by atoms with Crippen molar-refractivity contribution >= 4 is 11.1 Å². The Bertz CT molecular complexity index is 899. The van der Waals surface area contributed by atoms with Crippen molar-refractivity contribution in [1.29, 1.82) is 0 Å². The van der Waals surface area contributed by atoms with E-state index in [0.717, 1.165) is 16.8 Å². The maximum absolute atomic E-state index is 4.67. The van der Waals surface area contributed by atoms with Crippen LogP contribution in [-0.4, -0.2) is 4.98 Å². The molecule has 0 saturated heterocycles. The zero-order chi connectivity index (χ0) is 18.7. The third-order valence-corrected chi connectivity index (χ3v) is 4.92. The van der Waals surface area contributed by atoms with Crippen LogP contribution >= 0.6 is 0 Å². The Kier molecular flexibility index (Phi) is 6.95. The van der Waals surface area contributed by atoms with E-state index in [1.807, 2.05) is 12.3 Å². The van der Waals surface area contributed by atoms with Crippen LogP contribution < -0.4 is 0 Å². The van der Waals surface area contributed by atoms with Gasteiger partial charge in [-0.15, -0.1) is 35.4 Å². The summed E-state index contributed by atoms with van der Waals surface area (Å²) in [5.74, 6) is 0. The van der Waals surface area contributed by atoms with Crippen LogP contribution in [0.15, 0.2) is 66.9 Å². The smallest absolute Gasteiger partial charge is 0.0236 e. The van der Waals surface area contributed by atoms with Crippen molar-refractivity contribution in [2.45, 2.75) is 40.0 Å². The van der Waals surface area contributed by atoms with Gasteiger partial charge >= 0.3 is 0 Å². The van der Waals surface area contributed by atoms with Gasteiger partial charge in [-0.3, -0.25) is 0 Å². The summed E-state index contributed by atoms with van der Waals surface area (Å²) in [6.07, 6.45) is 1.96. The number of nitrogens with zero attached hydrogens (tertiary/aromatic N) is 1. The molecule has 0 aliphatic carbocycles. The second-order valence-corrected chi connectivity index (χ2v) is 7.79. The molecule has 2 heteroatoms. The molecule has 2 aromatic carbocycles. The van der Waals surface area contributed by atoms with E-state index in [-0.39, 0.29) is 26.5 Å². The van der Waals surface area contributed by atoms with Gasteiger partial charge in [0.1, 0.15) is 0 Å². The molecular weight excluding hydrogens is 509 g/mol. The summed E-state index contributed by atoms with van der Waals surface area (Å²) in [4.78, 5) is 4.67. The van der Waals surface area contributed by atoms with Gasteiger partial charge in [-0.25, -0.2) is 0 Å². The molecule has 0 aliphatic rings. The van der Waals surface area contributed by atoms with Gasteiger partial charge in [0.05, 0.1) is 0 Å². The van der Waals surface area contributed by atoms with Gasteiger partial charge in [-0.1, -0.05) is 63.2 Å². The minimum Gasteiger partial charge on any atom is -0.304 e. The largest absolute Gasteiger partial charge is 0.304 e. The van der Waals surface area contributed by atoms with E-state index in [4.69, 9.17) is 0 Å². The molecule has 0 bridgehead atoms. The molecule has 3 rings (SSSR count). The summed E-state index contributed by atoms with van der Waals surface area (Å²) >= 11 is 0. The first-order chi connectivity index (χ1) is 12.4. The minimum absolute atomic E-state index is 0. The fourth-order valence-electron chi connectivity index (χ4n) is 2.95. The van der Waals surface area contributed by atoms with Crippen molar-refractivity contribution in [1.82, 2.24) is 4.98 Å². The molecule has 0 radical (unpaired) electrons.